The van der Waals surface area contributed by atoms with Gasteiger partial charge in [-0.05, 0) is 36.2 Å². The molecule has 0 aliphatic carbocycles. The Bertz CT molecular complexity index is 748. The second kappa shape index (κ2) is 5.10. The summed E-state index contributed by atoms with van der Waals surface area (Å²) < 4.78 is 1.81. The predicted octanol–water partition coefficient (Wildman–Crippen LogP) is 4.11. The lowest BCUT2D eigenvalue weighted by atomic mass is 10.0. The Hall–Kier alpha value is -2.13. The Kier molecular flexibility index (Phi) is 3.28. The standard InChI is InChI=1S/C16H14ClN3/c1-11-3-4-13(15(17)9-11)16-14(10-20(2)19-16)12-5-7-18-8-6-12/h3-10H,1-2H3. The van der Waals surface area contributed by atoms with Crippen molar-refractivity contribution in [3.63, 3.8) is 0 Å². The van der Waals surface area contributed by atoms with Gasteiger partial charge in [0.15, 0.2) is 0 Å². The van der Waals surface area contributed by atoms with E-state index in [2.05, 4.69) is 10.1 Å². The minimum Gasteiger partial charge on any atom is -0.275 e. The van der Waals surface area contributed by atoms with Crippen molar-refractivity contribution in [2.75, 3.05) is 0 Å². The second-order valence-electron chi connectivity index (χ2n) is 4.78. The zero-order valence-electron chi connectivity index (χ0n) is 11.3. The van der Waals surface area contributed by atoms with Crippen LogP contribution < -0.4 is 0 Å². The van der Waals surface area contributed by atoms with Gasteiger partial charge in [-0.15, -0.1) is 0 Å². The van der Waals surface area contributed by atoms with Crippen LogP contribution in [0.1, 0.15) is 5.56 Å². The summed E-state index contributed by atoms with van der Waals surface area (Å²) in [7, 11) is 1.91. The van der Waals surface area contributed by atoms with Crippen molar-refractivity contribution in [3.05, 3.63) is 59.5 Å². The SMILES string of the molecule is Cc1ccc(-c2nn(C)cc2-c2ccncc2)c(Cl)c1. The van der Waals surface area contributed by atoms with E-state index >= 15 is 0 Å². The number of aromatic nitrogens is 3. The molecule has 0 amide bonds. The summed E-state index contributed by atoms with van der Waals surface area (Å²) in [4.78, 5) is 4.06. The summed E-state index contributed by atoms with van der Waals surface area (Å²) in [6, 6.07) is 9.98. The molecule has 3 aromatic rings. The zero-order chi connectivity index (χ0) is 14.1. The first-order valence-corrected chi connectivity index (χ1v) is 6.73. The van der Waals surface area contributed by atoms with Crippen LogP contribution in [0.25, 0.3) is 22.4 Å². The summed E-state index contributed by atoms with van der Waals surface area (Å²) in [5.74, 6) is 0. The average molecular weight is 284 g/mol. The molecule has 0 bridgehead atoms. The maximum atomic E-state index is 6.37. The molecule has 0 atom stereocenters. The Morgan fingerprint density at radius 1 is 1.05 bits per heavy atom. The molecule has 3 rings (SSSR count). The first-order chi connectivity index (χ1) is 9.65. The molecule has 2 aromatic heterocycles. The van der Waals surface area contributed by atoms with E-state index in [4.69, 9.17) is 11.6 Å². The first kappa shape index (κ1) is 12.9. The number of benzene rings is 1. The predicted molar refractivity (Wildman–Crippen MR) is 81.6 cm³/mol. The number of hydrogen-bond acceptors (Lipinski definition) is 2. The van der Waals surface area contributed by atoms with Gasteiger partial charge in [-0.25, -0.2) is 0 Å². The van der Waals surface area contributed by atoms with E-state index in [1.165, 1.54) is 0 Å². The van der Waals surface area contributed by atoms with Crippen LogP contribution in [0.5, 0.6) is 0 Å². The lowest BCUT2D eigenvalue weighted by Gasteiger charge is -2.05. The van der Waals surface area contributed by atoms with Gasteiger partial charge in [0.05, 0.1) is 5.02 Å². The van der Waals surface area contributed by atoms with E-state index in [0.29, 0.717) is 0 Å². The number of pyridine rings is 1. The molecule has 0 fully saturated rings. The Balaban J connectivity index is 2.20. The zero-order valence-corrected chi connectivity index (χ0v) is 12.1. The molecule has 0 aliphatic rings. The van der Waals surface area contributed by atoms with E-state index in [1.54, 1.807) is 17.1 Å². The molecule has 100 valence electrons. The van der Waals surface area contributed by atoms with Crippen LogP contribution in [0.2, 0.25) is 5.02 Å². The van der Waals surface area contributed by atoms with Crippen molar-refractivity contribution < 1.29 is 0 Å². The maximum Gasteiger partial charge on any atom is 0.102 e. The van der Waals surface area contributed by atoms with Gasteiger partial charge in [0, 0.05) is 36.8 Å². The third-order valence-corrected chi connectivity index (χ3v) is 3.51. The Morgan fingerprint density at radius 3 is 2.50 bits per heavy atom. The molecule has 3 nitrogen and oxygen atoms in total. The molecule has 4 heteroatoms. The highest BCUT2D eigenvalue weighted by atomic mass is 35.5. The molecule has 20 heavy (non-hydrogen) atoms. The highest BCUT2D eigenvalue weighted by molar-refractivity contribution is 6.33. The number of nitrogens with zero attached hydrogens (tertiary/aromatic N) is 3. The molecule has 0 saturated carbocycles. The van der Waals surface area contributed by atoms with Crippen molar-refractivity contribution in [2.45, 2.75) is 6.92 Å². The van der Waals surface area contributed by atoms with E-state index in [9.17, 15) is 0 Å². The summed E-state index contributed by atoms with van der Waals surface area (Å²) in [6.45, 7) is 2.03. The van der Waals surface area contributed by atoms with E-state index < -0.39 is 0 Å². The molecule has 0 N–H and O–H groups in total. The van der Waals surface area contributed by atoms with Gasteiger partial charge in [0.2, 0.25) is 0 Å². The van der Waals surface area contributed by atoms with Crippen molar-refractivity contribution in [2.24, 2.45) is 7.05 Å². The number of aryl methyl sites for hydroxylation is 2. The molecular formula is C16H14ClN3. The van der Waals surface area contributed by atoms with Gasteiger partial charge >= 0.3 is 0 Å². The molecule has 0 spiro atoms. The second-order valence-corrected chi connectivity index (χ2v) is 5.19. The smallest absolute Gasteiger partial charge is 0.102 e. The van der Waals surface area contributed by atoms with Crippen molar-refractivity contribution in [1.82, 2.24) is 14.8 Å². The van der Waals surface area contributed by atoms with E-state index in [-0.39, 0.29) is 0 Å². The summed E-state index contributed by atoms with van der Waals surface area (Å²) in [5.41, 5.74) is 5.12. The quantitative estimate of drug-likeness (QED) is 0.708. The molecule has 0 saturated heterocycles. The number of hydrogen-bond donors (Lipinski definition) is 0. The molecule has 1 aromatic carbocycles. The van der Waals surface area contributed by atoms with E-state index in [1.807, 2.05) is 50.5 Å². The average Bonchev–Trinajstić information content (AvgIpc) is 2.81. The fraction of sp³-hybridized carbons (Fsp3) is 0.125. The highest BCUT2D eigenvalue weighted by Crippen LogP contribution is 2.34. The molecule has 0 radical (unpaired) electrons. The number of halogens is 1. The monoisotopic (exact) mass is 283 g/mol. The highest BCUT2D eigenvalue weighted by Gasteiger charge is 2.14. The summed E-state index contributed by atoms with van der Waals surface area (Å²) >= 11 is 6.37. The minimum atomic E-state index is 0.721. The first-order valence-electron chi connectivity index (χ1n) is 6.36. The van der Waals surface area contributed by atoms with Crippen LogP contribution >= 0.6 is 11.6 Å². The van der Waals surface area contributed by atoms with Gasteiger partial charge in [-0.2, -0.15) is 5.10 Å². The molecule has 0 aliphatic heterocycles. The van der Waals surface area contributed by atoms with Gasteiger partial charge in [0.25, 0.3) is 0 Å². The Labute approximate surface area is 122 Å². The van der Waals surface area contributed by atoms with Gasteiger partial charge in [-0.1, -0.05) is 23.7 Å². The van der Waals surface area contributed by atoms with Gasteiger partial charge < -0.3 is 0 Å². The van der Waals surface area contributed by atoms with Crippen molar-refractivity contribution >= 4 is 11.6 Å². The van der Waals surface area contributed by atoms with Crippen LogP contribution in [0, 0.1) is 6.92 Å². The molecular weight excluding hydrogens is 270 g/mol. The lowest BCUT2D eigenvalue weighted by molar-refractivity contribution is 0.771. The van der Waals surface area contributed by atoms with E-state index in [0.717, 1.165) is 33.0 Å². The fourth-order valence-electron chi connectivity index (χ4n) is 2.24. The van der Waals surface area contributed by atoms with Crippen LogP contribution in [-0.4, -0.2) is 14.8 Å². The van der Waals surface area contributed by atoms with Gasteiger partial charge in [-0.3, -0.25) is 9.67 Å². The normalized spacial score (nSPS) is 10.8. The Morgan fingerprint density at radius 2 is 1.80 bits per heavy atom. The minimum absolute atomic E-state index is 0.721. The van der Waals surface area contributed by atoms with Crippen LogP contribution in [-0.2, 0) is 7.05 Å². The van der Waals surface area contributed by atoms with Crippen LogP contribution in [0.3, 0.4) is 0 Å². The number of rotatable bonds is 2. The lowest BCUT2D eigenvalue weighted by Crippen LogP contribution is -1.89. The molecule has 0 unspecified atom stereocenters. The molecule has 2 heterocycles. The summed E-state index contributed by atoms with van der Waals surface area (Å²) in [5, 5.41) is 5.28. The van der Waals surface area contributed by atoms with Gasteiger partial charge in [0.1, 0.15) is 5.69 Å². The third kappa shape index (κ3) is 2.32. The summed E-state index contributed by atoms with van der Waals surface area (Å²) in [6.07, 6.45) is 5.56. The van der Waals surface area contributed by atoms with Crippen molar-refractivity contribution in [1.29, 1.82) is 0 Å². The van der Waals surface area contributed by atoms with Crippen LogP contribution in [0.4, 0.5) is 0 Å². The van der Waals surface area contributed by atoms with Crippen molar-refractivity contribution in [3.8, 4) is 22.4 Å². The van der Waals surface area contributed by atoms with Crippen LogP contribution in [0.15, 0.2) is 48.9 Å². The fourth-order valence-corrected chi connectivity index (χ4v) is 2.57. The third-order valence-electron chi connectivity index (χ3n) is 3.20. The maximum absolute atomic E-state index is 6.37. The largest absolute Gasteiger partial charge is 0.275 e. The topological polar surface area (TPSA) is 30.7 Å².